The molecule has 0 saturated carbocycles. The number of hydrogen-bond donors (Lipinski definition) is 3. The second-order valence-corrected chi connectivity index (χ2v) is 6.42. The third kappa shape index (κ3) is 3.91. The second kappa shape index (κ2) is 7.82. The predicted molar refractivity (Wildman–Crippen MR) is 113 cm³/mol. The first kappa shape index (κ1) is 18.2. The number of carbonyl (C=O) groups excluding carboxylic acids is 1. The summed E-state index contributed by atoms with van der Waals surface area (Å²) < 4.78 is 0. The molecule has 0 unspecified atom stereocenters. The van der Waals surface area contributed by atoms with Crippen molar-refractivity contribution in [2.45, 2.75) is 0 Å². The van der Waals surface area contributed by atoms with E-state index in [2.05, 4.69) is 15.5 Å². The summed E-state index contributed by atoms with van der Waals surface area (Å²) in [4.78, 5) is 23.9. The van der Waals surface area contributed by atoms with E-state index < -0.39 is 5.97 Å². The monoisotopic (exact) mass is 383 g/mol. The van der Waals surface area contributed by atoms with Gasteiger partial charge in [0.25, 0.3) is 5.91 Å². The van der Waals surface area contributed by atoms with E-state index in [1.54, 1.807) is 36.4 Å². The van der Waals surface area contributed by atoms with Gasteiger partial charge in [0.15, 0.2) is 0 Å². The first-order chi connectivity index (χ1) is 14.1. The van der Waals surface area contributed by atoms with Gasteiger partial charge in [0.2, 0.25) is 0 Å². The van der Waals surface area contributed by atoms with Crippen molar-refractivity contribution in [1.29, 1.82) is 0 Å². The third-order valence-corrected chi connectivity index (χ3v) is 4.51. The lowest BCUT2D eigenvalue weighted by atomic mass is 10.1. The van der Waals surface area contributed by atoms with Gasteiger partial charge in [0, 0.05) is 16.6 Å². The highest BCUT2D eigenvalue weighted by atomic mass is 16.4. The maximum Gasteiger partial charge on any atom is 0.335 e. The Bertz CT molecular complexity index is 1230. The molecule has 6 nitrogen and oxygen atoms in total. The molecule has 3 aromatic carbocycles. The first-order valence-electron chi connectivity index (χ1n) is 8.97. The largest absolute Gasteiger partial charge is 0.478 e. The number of benzene rings is 3. The Morgan fingerprint density at radius 3 is 2.45 bits per heavy atom. The Morgan fingerprint density at radius 1 is 0.897 bits per heavy atom. The molecule has 3 N–H and O–H groups in total. The summed E-state index contributed by atoms with van der Waals surface area (Å²) in [7, 11) is 0. The SMILES string of the molecule is O=C(O)c1ccc(C=Cc2n[nH]c3ccccc23)c(NC(=O)c2ccccc2)c1. The number of rotatable bonds is 5. The van der Waals surface area contributed by atoms with Crippen LogP contribution in [-0.4, -0.2) is 27.2 Å². The van der Waals surface area contributed by atoms with Crippen molar-refractivity contribution < 1.29 is 14.7 Å². The van der Waals surface area contributed by atoms with Crippen molar-refractivity contribution in [1.82, 2.24) is 10.2 Å². The molecule has 1 amide bonds. The average Bonchev–Trinajstić information content (AvgIpc) is 3.16. The number of H-pyrrole nitrogens is 1. The number of carboxylic acids is 1. The van der Waals surface area contributed by atoms with Crippen molar-refractivity contribution in [3.8, 4) is 0 Å². The molecule has 142 valence electrons. The number of carboxylic acid groups (broad SMARTS) is 1. The number of amides is 1. The minimum atomic E-state index is -1.06. The summed E-state index contributed by atoms with van der Waals surface area (Å²) in [6.45, 7) is 0. The second-order valence-electron chi connectivity index (χ2n) is 6.42. The molecular weight excluding hydrogens is 366 g/mol. The molecule has 4 rings (SSSR count). The summed E-state index contributed by atoms with van der Waals surface area (Å²) >= 11 is 0. The number of aromatic amines is 1. The van der Waals surface area contributed by atoms with Gasteiger partial charge in [-0.15, -0.1) is 0 Å². The van der Waals surface area contributed by atoms with Crippen molar-refractivity contribution in [2.24, 2.45) is 0 Å². The van der Waals surface area contributed by atoms with E-state index in [1.165, 1.54) is 12.1 Å². The molecular formula is C23H17N3O3. The number of nitrogens with zero attached hydrogens (tertiary/aromatic N) is 1. The zero-order chi connectivity index (χ0) is 20.2. The van der Waals surface area contributed by atoms with Crippen LogP contribution in [0.5, 0.6) is 0 Å². The van der Waals surface area contributed by atoms with Gasteiger partial charge in [0.05, 0.1) is 16.8 Å². The quantitative estimate of drug-likeness (QED) is 0.466. The van der Waals surface area contributed by atoms with Gasteiger partial charge in [0.1, 0.15) is 0 Å². The van der Waals surface area contributed by atoms with Gasteiger partial charge >= 0.3 is 5.97 Å². The standard InChI is InChI=1S/C23H17N3O3/c27-22(16-6-2-1-3-7-16)24-21-14-17(23(28)29)11-10-15(21)12-13-20-18-8-4-5-9-19(18)25-26-20/h1-14H,(H,24,27)(H,25,26)(H,28,29). The van der Waals surface area contributed by atoms with Crippen LogP contribution in [0, 0.1) is 0 Å². The smallest absolute Gasteiger partial charge is 0.335 e. The number of fused-ring (bicyclic) bond motifs is 1. The normalized spacial score (nSPS) is 11.0. The minimum absolute atomic E-state index is 0.0933. The molecule has 0 atom stereocenters. The maximum atomic E-state index is 12.6. The van der Waals surface area contributed by atoms with Gasteiger partial charge in [-0.25, -0.2) is 4.79 Å². The lowest BCUT2D eigenvalue weighted by molar-refractivity contribution is 0.0696. The van der Waals surface area contributed by atoms with E-state index in [-0.39, 0.29) is 11.5 Å². The summed E-state index contributed by atoms with van der Waals surface area (Å²) in [5.41, 5.74) is 3.34. The first-order valence-corrected chi connectivity index (χ1v) is 8.97. The molecule has 0 saturated heterocycles. The van der Waals surface area contributed by atoms with Crippen LogP contribution in [0.1, 0.15) is 32.0 Å². The van der Waals surface area contributed by atoms with E-state index in [0.717, 1.165) is 16.6 Å². The fourth-order valence-electron chi connectivity index (χ4n) is 3.01. The van der Waals surface area contributed by atoms with E-state index in [1.807, 2.05) is 36.4 Å². The Kier molecular flexibility index (Phi) is 4.90. The Balaban J connectivity index is 1.69. The van der Waals surface area contributed by atoms with Crippen LogP contribution in [-0.2, 0) is 0 Å². The van der Waals surface area contributed by atoms with Crippen LogP contribution in [0.15, 0.2) is 72.8 Å². The van der Waals surface area contributed by atoms with E-state index >= 15 is 0 Å². The maximum absolute atomic E-state index is 12.6. The minimum Gasteiger partial charge on any atom is -0.478 e. The number of nitrogens with one attached hydrogen (secondary N) is 2. The number of carbonyl (C=O) groups is 2. The third-order valence-electron chi connectivity index (χ3n) is 4.51. The molecule has 1 heterocycles. The van der Waals surface area contributed by atoms with Gasteiger partial charge in [-0.05, 0) is 42.0 Å². The number of aromatic carboxylic acids is 1. The fraction of sp³-hybridized carbons (Fsp3) is 0. The summed E-state index contributed by atoms with van der Waals surface area (Å²) in [5, 5.41) is 20.4. The van der Waals surface area contributed by atoms with E-state index in [9.17, 15) is 14.7 Å². The number of aromatic nitrogens is 2. The van der Waals surface area contributed by atoms with Crippen molar-refractivity contribution in [2.75, 3.05) is 5.32 Å². The Morgan fingerprint density at radius 2 is 1.66 bits per heavy atom. The van der Waals surface area contributed by atoms with Crippen LogP contribution in [0.25, 0.3) is 23.1 Å². The van der Waals surface area contributed by atoms with Crippen molar-refractivity contribution in [3.05, 3.63) is 95.2 Å². The van der Waals surface area contributed by atoms with Crippen LogP contribution < -0.4 is 5.32 Å². The molecule has 1 aromatic heterocycles. The molecule has 0 aliphatic heterocycles. The van der Waals surface area contributed by atoms with Crippen molar-refractivity contribution in [3.63, 3.8) is 0 Å². The van der Waals surface area contributed by atoms with Gasteiger partial charge in [-0.3, -0.25) is 9.89 Å². The molecule has 0 fully saturated rings. The van der Waals surface area contributed by atoms with Crippen LogP contribution in [0.2, 0.25) is 0 Å². The fourth-order valence-corrected chi connectivity index (χ4v) is 3.01. The molecule has 0 radical (unpaired) electrons. The number of anilines is 1. The summed E-state index contributed by atoms with van der Waals surface area (Å²) in [5.74, 6) is -1.37. The zero-order valence-electron chi connectivity index (χ0n) is 15.3. The van der Waals surface area contributed by atoms with Gasteiger partial charge in [-0.2, -0.15) is 5.10 Å². The lowest BCUT2D eigenvalue weighted by Gasteiger charge is -2.10. The Hall–Kier alpha value is -4.19. The van der Waals surface area contributed by atoms with E-state index in [0.29, 0.717) is 16.8 Å². The van der Waals surface area contributed by atoms with Crippen LogP contribution in [0.4, 0.5) is 5.69 Å². The van der Waals surface area contributed by atoms with Crippen molar-refractivity contribution >= 4 is 40.6 Å². The lowest BCUT2D eigenvalue weighted by Crippen LogP contribution is -2.13. The average molecular weight is 383 g/mol. The number of hydrogen-bond acceptors (Lipinski definition) is 3. The molecule has 0 spiro atoms. The molecule has 0 bridgehead atoms. The Labute approximate surface area is 166 Å². The van der Waals surface area contributed by atoms with Crippen LogP contribution >= 0.6 is 0 Å². The predicted octanol–water partition coefficient (Wildman–Crippen LogP) is 4.68. The molecule has 0 aliphatic carbocycles. The zero-order valence-corrected chi connectivity index (χ0v) is 15.3. The molecule has 0 aliphatic rings. The van der Waals surface area contributed by atoms with Gasteiger partial charge in [-0.1, -0.05) is 48.5 Å². The van der Waals surface area contributed by atoms with Crippen LogP contribution in [0.3, 0.4) is 0 Å². The highest BCUT2D eigenvalue weighted by Gasteiger charge is 2.11. The highest BCUT2D eigenvalue weighted by molar-refractivity contribution is 6.06. The topological polar surface area (TPSA) is 95.1 Å². The molecule has 6 heteroatoms. The summed E-state index contributed by atoms with van der Waals surface area (Å²) in [6.07, 6.45) is 3.63. The number of para-hydroxylation sites is 1. The summed E-state index contributed by atoms with van der Waals surface area (Å²) in [6, 6.07) is 21.1. The van der Waals surface area contributed by atoms with Gasteiger partial charge < -0.3 is 10.4 Å². The molecule has 29 heavy (non-hydrogen) atoms. The highest BCUT2D eigenvalue weighted by Crippen LogP contribution is 2.23. The van der Waals surface area contributed by atoms with E-state index in [4.69, 9.17) is 0 Å². The molecule has 4 aromatic rings.